The number of fused-ring (bicyclic) bond motifs is 1. The Bertz CT molecular complexity index is 1070. The van der Waals surface area contributed by atoms with E-state index in [1.807, 2.05) is 0 Å². The van der Waals surface area contributed by atoms with Gasteiger partial charge < -0.3 is 14.9 Å². The third-order valence-electron chi connectivity index (χ3n) is 3.83. The van der Waals surface area contributed by atoms with Crippen molar-refractivity contribution in [2.45, 2.75) is 13.0 Å². The molecule has 10 heteroatoms. The number of aliphatic hydroxyl groups excluding tert-OH is 1. The molecule has 3 aromatic rings. The van der Waals surface area contributed by atoms with Gasteiger partial charge in [0.05, 0.1) is 28.1 Å². The first-order valence-electron chi connectivity index (χ1n) is 7.57. The Hall–Kier alpha value is -2.78. The van der Waals surface area contributed by atoms with Crippen LogP contribution in [-0.2, 0) is 6.54 Å². The normalized spacial score (nSPS) is 11.3. The van der Waals surface area contributed by atoms with Crippen LogP contribution in [0.15, 0.2) is 35.3 Å². The molecule has 0 aliphatic heterocycles. The van der Waals surface area contributed by atoms with Crippen LogP contribution in [0.4, 0.5) is 13.2 Å². The van der Waals surface area contributed by atoms with Crippen molar-refractivity contribution in [2.24, 2.45) is 0 Å². The number of hydrogen-bond acceptors (Lipinski definition) is 5. The van der Waals surface area contributed by atoms with Gasteiger partial charge in [-0.15, -0.1) is 0 Å². The molecule has 3 rings (SSSR count). The molecule has 0 atom stereocenters. The van der Waals surface area contributed by atoms with Crippen LogP contribution in [0.25, 0.3) is 22.2 Å². The highest BCUT2D eigenvalue weighted by Gasteiger charge is 2.26. The summed E-state index contributed by atoms with van der Waals surface area (Å²) in [6.45, 7) is -1.91. The summed E-state index contributed by atoms with van der Waals surface area (Å²) in [7, 11) is 0. The van der Waals surface area contributed by atoms with E-state index in [4.69, 9.17) is 21.4 Å². The van der Waals surface area contributed by atoms with Gasteiger partial charge in [0.25, 0.3) is 12.0 Å². The topological polar surface area (TPSA) is 84.6 Å². The molecule has 6 nitrogen and oxygen atoms in total. The highest BCUT2D eigenvalue weighted by molar-refractivity contribution is 6.32. The summed E-state index contributed by atoms with van der Waals surface area (Å²) in [5.41, 5.74) is -2.47. The average molecular weight is 401 g/mol. The first kappa shape index (κ1) is 19.0. The molecular formula is C17H12ClF3N2O4. The van der Waals surface area contributed by atoms with E-state index < -0.39 is 53.8 Å². The molecule has 0 spiro atoms. The second kappa shape index (κ2) is 7.45. The van der Waals surface area contributed by atoms with Crippen molar-refractivity contribution < 1.29 is 28.1 Å². The molecule has 142 valence electrons. The van der Waals surface area contributed by atoms with E-state index in [2.05, 4.69) is 4.98 Å². The smallest absolute Gasteiger partial charge is 0.264 e. The lowest BCUT2D eigenvalue weighted by molar-refractivity contribution is 0.0988. The number of halogens is 4. The van der Waals surface area contributed by atoms with Crippen LogP contribution in [0.3, 0.4) is 0 Å². The van der Waals surface area contributed by atoms with Gasteiger partial charge >= 0.3 is 0 Å². The maximum Gasteiger partial charge on any atom is 0.264 e. The molecule has 0 bridgehead atoms. The molecule has 0 radical (unpaired) electrons. The Balaban J connectivity index is 2.47. The average Bonchev–Trinajstić information content (AvgIpc) is 2.64. The Morgan fingerprint density at radius 2 is 2.00 bits per heavy atom. The zero-order valence-corrected chi connectivity index (χ0v) is 14.3. The van der Waals surface area contributed by atoms with E-state index in [9.17, 15) is 23.1 Å². The highest BCUT2D eigenvalue weighted by atomic mass is 35.5. The summed E-state index contributed by atoms with van der Waals surface area (Å²) in [6.07, 6.45) is -1.63. The third kappa shape index (κ3) is 3.31. The summed E-state index contributed by atoms with van der Waals surface area (Å²) in [4.78, 5) is 16.7. The number of alkyl halides is 2. The first-order valence-corrected chi connectivity index (χ1v) is 7.95. The van der Waals surface area contributed by atoms with Crippen molar-refractivity contribution in [3.63, 3.8) is 0 Å². The van der Waals surface area contributed by atoms with Crippen LogP contribution >= 0.6 is 11.6 Å². The molecule has 2 heterocycles. The van der Waals surface area contributed by atoms with Gasteiger partial charge in [-0.3, -0.25) is 9.36 Å². The minimum absolute atomic E-state index is 0.0397. The number of nitrogens with zero attached hydrogens (tertiary/aromatic N) is 2. The number of benzene rings is 1. The predicted octanol–water partition coefficient (Wildman–Crippen LogP) is 3.16. The van der Waals surface area contributed by atoms with Crippen molar-refractivity contribution in [3.8, 4) is 22.6 Å². The summed E-state index contributed by atoms with van der Waals surface area (Å²) < 4.78 is 46.1. The Labute approximate surface area is 155 Å². The first-order chi connectivity index (χ1) is 12.9. The molecular weight excluding hydrogens is 389 g/mol. The Morgan fingerprint density at radius 1 is 1.26 bits per heavy atom. The van der Waals surface area contributed by atoms with E-state index >= 15 is 0 Å². The second-order valence-corrected chi connectivity index (χ2v) is 5.82. The number of aromatic hydroxyl groups is 1. The molecule has 2 N–H and O–H groups in total. The van der Waals surface area contributed by atoms with Crippen LogP contribution in [0.1, 0.15) is 0 Å². The van der Waals surface area contributed by atoms with Crippen molar-refractivity contribution >= 4 is 22.6 Å². The lowest BCUT2D eigenvalue weighted by Crippen LogP contribution is -2.26. The highest BCUT2D eigenvalue weighted by Crippen LogP contribution is 2.42. The maximum absolute atomic E-state index is 14.6. The van der Waals surface area contributed by atoms with E-state index in [1.54, 1.807) is 0 Å². The Morgan fingerprint density at radius 3 is 2.67 bits per heavy atom. The number of aromatic nitrogens is 2. The maximum atomic E-state index is 14.6. The van der Waals surface area contributed by atoms with E-state index in [0.717, 1.165) is 12.1 Å². The molecule has 2 aromatic heterocycles. The second-order valence-electron chi connectivity index (χ2n) is 5.41. The van der Waals surface area contributed by atoms with Gasteiger partial charge in [0.15, 0.2) is 12.5 Å². The fourth-order valence-corrected chi connectivity index (χ4v) is 2.98. The summed E-state index contributed by atoms with van der Waals surface area (Å²) in [5, 5.41) is 19.4. The third-order valence-corrected chi connectivity index (χ3v) is 4.13. The fourth-order valence-electron chi connectivity index (χ4n) is 2.77. The van der Waals surface area contributed by atoms with Gasteiger partial charge in [-0.2, -0.15) is 0 Å². The van der Waals surface area contributed by atoms with E-state index in [1.165, 1.54) is 18.3 Å². The van der Waals surface area contributed by atoms with Gasteiger partial charge in [0, 0.05) is 6.20 Å². The van der Waals surface area contributed by atoms with Crippen LogP contribution in [0, 0.1) is 5.82 Å². The number of pyridine rings is 2. The minimum atomic E-state index is -2.90. The quantitative estimate of drug-likeness (QED) is 0.643. The zero-order chi connectivity index (χ0) is 19.7. The largest absolute Gasteiger partial charge is 0.506 e. The number of aliphatic hydroxyl groups is 1. The summed E-state index contributed by atoms with van der Waals surface area (Å²) in [5.74, 6) is -2.07. The van der Waals surface area contributed by atoms with Crippen molar-refractivity contribution in [1.29, 1.82) is 0 Å². The van der Waals surface area contributed by atoms with Crippen LogP contribution in [-0.4, -0.2) is 33.0 Å². The van der Waals surface area contributed by atoms with Crippen molar-refractivity contribution in [2.75, 3.05) is 6.79 Å². The van der Waals surface area contributed by atoms with E-state index in [-0.39, 0.29) is 16.1 Å². The predicted molar refractivity (Wildman–Crippen MR) is 91.8 cm³/mol. The van der Waals surface area contributed by atoms with Crippen molar-refractivity contribution in [1.82, 2.24) is 9.55 Å². The lowest BCUT2D eigenvalue weighted by Gasteiger charge is -2.17. The SMILES string of the molecule is O=c1c(-c2c(F)ccc(Cl)c2OCO)c(O)c2cccnc2n1CC(F)F. The van der Waals surface area contributed by atoms with Gasteiger partial charge in [0.1, 0.15) is 17.2 Å². The fraction of sp³-hybridized carbons (Fsp3) is 0.176. The molecule has 27 heavy (non-hydrogen) atoms. The number of hydrogen-bond donors (Lipinski definition) is 2. The van der Waals surface area contributed by atoms with Gasteiger partial charge in [-0.05, 0) is 24.3 Å². The van der Waals surface area contributed by atoms with Gasteiger partial charge in [-0.25, -0.2) is 18.2 Å². The van der Waals surface area contributed by atoms with Crippen molar-refractivity contribution in [3.05, 3.63) is 51.7 Å². The minimum Gasteiger partial charge on any atom is -0.506 e. The van der Waals surface area contributed by atoms with E-state index in [0.29, 0.717) is 4.57 Å². The number of ether oxygens (including phenoxy) is 1. The molecule has 0 saturated carbocycles. The summed E-state index contributed by atoms with van der Waals surface area (Å²) in [6, 6.07) is 4.81. The molecule has 0 aliphatic rings. The Kier molecular flexibility index (Phi) is 5.24. The van der Waals surface area contributed by atoms with Gasteiger partial charge in [0.2, 0.25) is 0 Å². The standard InChI is InChI=1S/C17H12ClF3N2O4/c18-9-3-4-10(19)12(15(9)27-7-24)13-14(25)8-2-1-5-22-16(8)23(17(13)26)6-11(20)21/h1-5,11,24-25H,6-7H2. The monoisotopic (exact) mass is 400 g/mol. The molecule has 0 aliphatic carbocycles. The zero-order valence-electron chi connectivity index (χ0n) is 13.5. The molecule has 0 unspecified atom stereocenters. The number of rotatable bonds is 5. The molecule has 0 amide bonds. The van der Waals surface area contributed by atoms with Crippen LogP contribution < -0.4 is 10.3 Å². The molecule has 0 saturated heterocycles. The summed E-state index contributed by atoms with van der Waals surface area (Å²) >= 11 is 5.95. The van der Waals surface area contributed by atoms with Gasteiger partial charge in [-0.1, -0.05) is 11.6 Å². The van der Waals surface area contributed by atoms with Crippen LogP contribution in [0.5, 0.6) is 11.5 Å². The lowest BCUT2D eigenvalue weighted by atomic mass is 10.0. The molecule has 0 fully saturated rings. The molecule has 1 aromatic carbocycles. The van der Waals surface area contributed by atoms with Crippen LogP contribution in [0.2, 0.25) is 5.02 Å².